The van der Waals surface area contributed by atoms with Crippen LogP contribution < -0.4 is 0 Å². The minimum atomic E-state index is 1.16. The Morgan fingerprint density at radius 2 is 0.821 bits per heavy atom. The molecular formula is C36H23N3. The van der Waals surface area contributed by atoms with Crippen molar-refractivity contribution >= 4 is 65.4 Å². The highest BCUT2D eigenvalue weighted by molar-refractivity contribution is 6.39. The molecule has 0 spiro atoms. The van der Waals surface area contributed by atoms with Crippen LogP contribution in [0.3, 0.4) is 0 Å². The highest BCUT2D eigenvalue weighted by Crippen LogP contribution is 2.48. The first-order chi connectivity index (χ1) is 19.4. The summed E-state index contributed by atoms with van der Waals surface area (Å²) in [5, 5.41) is 7.57. The van der Waals surface area contributed by atoms with Crippen molar-refractivity contribution in [2.24, 2.45) is 0 Å². The number of hydrogen-bond donors (Lipinski definition) is 1. The minimum Gasteiger partial charge on any atom is -0.354 e. The van der Waals surface area contributed by atoms with E-state index in [1.54, 1.807) is 0 Å². The van der Waals surface area contributed by atoms with Gasteiger partial charge in [0.2, 0.25) is 0 Å². The van der Waals surface area contributed by atoms with Crippen molar-refractivity contribution < 1.29 is 0 Å². The number of nitrogens with zero attached hydrogens (tertiary/aromatic N) is 2. The van der Waals surface area contributed by atoms with Crippen molar-refractivity contribution in [1.29, 1.82) is 0 Å². The standard InChI is InChI=1S/C36H23N3/c1-3-13-23(14-4-1)38-29-21-11-8-18-26(29)32-34-31(25-17-7-10-20-28(25)37-34)35-33(36(32)38)27-19-9-12-22-30(27)39(35)24-15-5-2-6-16-24/h1-22,37H. The van der Waals surface area contributed by atoms with Crippen LogP contribution in [0, 0.1) is 0 Å². The summed E-state index contributed by atoms with van der Waals surface area (Å²) in [6.07, 6.45) is 0. The van der Waals surface area contributed by atoms with E-state index in [1.807, 2.05) is 0 Å². The number of rotatable bonds is 2. The Morgan fingerprint density at radius 1 is 0.385 bits per heavy atom. The molecule has 0 amide bonds. The summed E-state index contributed by atoms with van der Waals surface area (Å²) < 4.78 is 4.92. The molecule has 0 aliphatic rings. The zero-order chi connectivity index (χ0) is 25.5. The molecule has 0 aliphatic heterocycles. The topological polar surface area (TPSA) is 25.6 Å². The summed E-state index contributed by atoms with van der Waals surface area (Å²) in [4.78, 5) is 3.87. The lowest BCUT2D eigenvalue weighted by molar-refractivity contribution is 1.18. The molecule has 0 radical (unpaired) electrons. The molecule has 0 saturated heterocycles. The molecule has 0 bridgehead atoms. The second-order valence-electron chi connectivity index (χ2n) is 10.2. The average Bonchev–Trinajstić information content (AvgIpc) is 3.66. The van der Waals surface area contributed by atoms with Gasteiger partial charge in [-0.2, -0.15) is 0 Å². The van der Waals surface area contributed by atoms with Gasteiger partial charge in [0, 0.05) is 49.2 Å². The van der Waals surface area contributed by atoms with Gasteiger partial charge < -0.3 is 14.1 Å². The van der Waals surface area contributed by atoms with Crippen molar-refractivity contribution in [2.45, 2.75) is 0 Å². The predicted molar refractivity (Wildman–Crippen MR) is 164 cm³/mol. The van der Waals surface area contributed by atoms with Crippen LogP contribution >= 0.6 is 0 Å². The fourth-order valence-corrected chi connectivity index (χ4v) is 6.71. The minimum absolute atomic E-state index is 1.16. The van der Waals surface area contributed by atoms with E-state index in [9.17, 15) is 0 Å². The number of para-hydroxylation sites is 5. The van der Waals surface area contributed by atoms with Gasteiger partial charge in [0.1, 0.15) is 0 Å². The van der Waals surface area contributed by atoms with E-state index in [1.165, 1.54) is 59.9 Å². The molecule has 0 fully saturated rings. The molecule has 3 aromatic heterocycles. The molecule has 9 rings (SSSR count). The smallest absolute Gasteiger partial charge is 0.0662 e. The molecule has 182 valence electrons. The molecule has 0 aliphatic carbocycles. The third kappa shape index (κ3) is 2.66. The third-order valence-corrected chi connectivity index (χ3v) is 8.21. The Morgan fingerprint density at radius 3 is 1.41 bits per heavy atom. The van der Waals surface area contributed by atoms with Crippen LogP contribution in [0.4, 0.5) is 0 Å². The summed E-state index contributed by atoms with van der Waals surface area (Å²) in [5.74, 6) is 0. The van der Waals surface area contributed by atoms with Crippen LogP contribution in [0.25, 0.3) is 76.8 Å². The Kier molecular flexibility index (Phi) is 4.05. The van der Waals surface area contributed by atoms with Gasteiger partial charge >= 0.3 is 0 Å². The molecule has 6 aromatic carbocycles. The van der Waals surface area contributed by atoms with Crippen molar-refractivity contribution in [3.8, 4) is 11.4 Å². The second kappa shape index (κ2) is 7.62. The monoisotopic (exact) mass is 497 g/mol. The van der Waals surface area contributed by atoms with Gasteiger partial charge in [-0.15, -0.1) is 0 Å². The van der Waals surface area contributed by atoms with E-state index in [4.69, 9.17) is 0 Å². The summed E-state index contributed by atoms with van der Waals surface area (Å²) >= 11 is 0. The van der Waals surface area contributed by atoms with Crippen molar-refractivity contribution in [3.05, 3.63) is 133 Å². The van der Waals surface area contributed by atoms with Crippen LogP contribution in [0.2, 0.25) is 0 Å². The summed E-state index contributed by atoms with van der Waals surface area (Å²) in [6, 6.07) is 47.9. The maximum Gasteiger partial charge on any atom is 0.0662 e. The number of aromatic amines is 1. The molecule has 0 atom stereocenters. The number of fused-ring (bicyclic) bond motifs is 12. The van der Waals surface area contributed by atoms with Crippen LogP contribution in [-0.4, -0.2) is 14.1 Å². The maximum absolute atomic E-state index is 3.87. The Labute approximate surface area is 224 Å². The average molecular weight is 498 g/mol. The van der Waals surface area contributed by atoms with Crippen LogP contribution in [0.5, 0.6) is 0 Å². The Balaban J connectivity index is 1.70. The normalized spacial score (nSPS) is 12.1. The number of hydrogen-bond acceptors (Lipinski definition) is 0. The number of H-pyrrole nitrogens is 1. The number of benzene rings is 6. The lowest BCUT2D eigenvalue weighted by Crippen LogP contribution is -1.96. The highest BCUT2D eigenvalue weighted by Gasteiger charge is 2.26. The third-order valence-electron chi connectivity index (χ3n) is 8.21. The summed E-state index contributed by atoms with van der Waals surface area (Å²) in [6.45, 7) is 0. The van der Waals surface area contributed by atoms with Gasteiger partial charge in [-0.25, -0.2) is 0 Å². The molecule has 39 heavy (non-hydrogen) atoms. The molecule has 3 heteroatoms. The van der Waals surface area contributed by atoms with Gasteiger partial charge in [0.25, 0.3) is 0 Å². The molecule has 0 saturated carbocycles. The van der Waals surface area contributed by atoms with Crippen molar-refractivity contribution in [1.82, 2.24) is 14.1 Å². The van der Waals surface area contributed by atoms with Gasteiger partial charge in [0.05, 0.1) is 27.6 Å². The lowest BCUT2D eigenvalue weighted by Gasteiger charge is -2.11. The van der Waals surface area contributed by atoms with Crippen molar-refractivity contribution in [3.63, 3.8) is 0 Å². The fourth-order valence-electron chi connectivity index (χ4n) is 6.71. The predicted octanol–water partition coefficient (Wildman–Crippen LogP) is 9.52. The van der Waals surface area contributed by atoms with E-state index in [0.717, 1.165) is 16.9 Å². The van der Waals surface area contributed by atoms with Gasteiger partial charge in [-0.3, -0.25) is 0 Å². The van der Waals surface area contributed by atoms with E-state index in [2.05, 4.69) is 148 Å². The summed E-state index contributed by atoms with van der Waals surface area (Å²) in [5.41, 5.74) is 9.57. The van der Waals surface area contributed by atoms with E-state index in [0.29, 0.717) is 0 Å². The Bertz CT molecular complexity index is 2300. The first-order valence-electron chi connectivity index (χ1n) is 13.4. The maximum atomic E-state index is 3.87. The SMILES string of the molecule is c1ccc(-n2c3ccccc3c3c4[nH]c5ccccc5c4c4c(c5ccccc5n4-c4ccccc4)c32)cc1. The van der Waals surface area contributed by atoms with E-state index in [-0.39, 0.29) is 0 Å². The first-order valence-corrected chi connectivity index (χ1v) is 13.4. The molecule has 1 N–H and O–H groups in total. The highest BCUT2D eigenvalue weighted by atomic mass is 15.0. The van der Waals surface area contributed by atoms with Gasteiger partial charge in [0.15, 0.2) is 0 Å². The van der Waals surface area contributed by atoms with Crippen molar-refractivity contribution in [2.75, 3.05) is 0 Å². The quantitative estimate of drug-likeness (QED) is 0.246. The molecule has 3 nitrogen and oxygen atoms in total. The molecular weight excluding hydrogens is 474 g/mol. The second-order valence-corrected chi connectivity index (χ2v) is 10.2. The molecule has 9 aromatic rings. The van der Waals surface area contributed by atoms with E-state index >= 15 is 0 Å². The summed E-state index contributed by atoms with van der Waals surface area (Å²) in [7, 11) is 0. The first kappa shape index (κ1) is 20.7. The van der Waals surface area contributed by atoms with E-state index < -0.39 is 0 Å². The number of aromatic nitrogens is 3. The largest absolute Gasteiger partial charge is 0.354 e. The lowest BCUT2D eigenvalue weighted by atomic mass is 10.0. The zero-order valence-corrected chi connectivity index (χ0v) is 21.1. The zero-order valence-electron chi connectivity index (χ0n) is 21.1. The van der Waals surface area contributed by atoms with Crippen LogP contribution in [-0.2, 0) is 0 Å². The molecule has 0 unspecified atom stereocenters. The van der Waals surface area contributed by atoms with Gasteiger partial charge in [-0.05, 0) is 42.5 Å². The molecule has 3 heterocycles. The van der Waals surface area contributed by atoms with Gasteiger partial charge in [-0.1, -0.05) is 91.0 Å². The van der Waals surface area contributed by atoms with Crippen LogP contribution in [0.1, 0.15) is 0 Å². The number of nitrogens with one attached hydrogen (secondary N) is 1. The Hall–Kier alpha value is -5.28. The van der Waals surface area contributed by atoms with Crippen LogP contribution in [0.15, 0.2) is 133 Å². The fraction of sp³-hybridized carbons (Fsp3) is 0.